The summed E-state index contributed by atoms with van der Waals surface area (Å²) in [6.45, 7) is 5.00. The monoisotopic (exact) mass is 268 g/mol. The molecule has 0 saturated heterocycles. The van der Waals surface area contributed by atoms with Crippen LogP contribution >= 0.6 is 23.2 Å². The first-order valence-corrected chi connectivity index (χ1v) is 6.44. The Bertz CT molecular complexity index is 553. The van der Waals surface area contributed by atoms with Crippen molar-refractivity contribution in [2.24, 2.45) is 0 Å². The van der Waals surface area contributed by atoms with Crippen molar-refractivity contribution in [1.29, 1.82) is 0 Å². The molecule has 0 unspecified atom stereocenters. The fraction of sp³-hybridized carbons (Fsp3) is 0.308. The Kier molecular flexibility index (Phi) is 3.75. The molecule has 0 aliphatic rings. The normalized spacial score (nSPS) is 10.8. The van der Waals surface area contributed by atoms with Gasteiger partial charge in [-0.2, -0.15) is 0 Å². The predicted molar refractivity (Wildman–Crippen MR) is 75.3 cm³/mol. The molecule has 0 amide bonds. The van der Waals surface area contributed by atoms with Crippen LogP contribution in [0.4, 0.5) is 5.82 Å². The molecule has 1 heterocycles. The molecule has 1 aromatic carbocycles. The molecule has 1 aromatic heterocycles. The van der Waals surface area contributed by atoms with Crippen LogP contribution in [-0.4, -0.2) is 11.5 Å². The van der Waals surface area contributed by atoms with Crippen molar-refractivity contribution in [2.75, 3.05) is 11.9 Å². The van der Waals surface area contributed by atoms with Crippen LogP contribution in [0, 0.1) is 0 Å². The average molecular weight is 269 g/mol. The Morgan fingerprint density at radius 3 is 2.65 bits per heavy atom. The third-order valence-electron chi connectivity index (χ3n) is 2.68. The highest BCUT2D eigenvalue weighted by Crippen LogP contribution is 2.31. The van der Waals surface area contributed by atoms with Crippen LogP contribution in [0.5, 0.6) is 0 Å². The van der Waals surface area contributed by atoms with Crippen molar-refractivity contribution in [3.63, 3.8) is 0 Å². The van der Waals surface area contributed by atoms with Crippen molar-refractivity contribution < 1.29 is 0 Å². The number of hydrogen-bond acceptors (Lipinski definition) is 2. The molecular formula is C13H14Cl2N2. The highest BCUT2D eigenvalue weighted by atomic mass is 35.5. The molecule has 90 valence electrons. The summed E-state index contributed by atoms with van der Waals surface area (Å²) >= 11 is 12.2. The lowest BCUT2D eigenvalue weighted by Crippen LogP contribution is -2.03. The minimum Gasteiger partial charge on any atom is -0.370 e. The summed E-state index contributed by atoms with van der Waals surface area (Å²) in [6.07, 6.45) is 0.936. The number of halogens is 2. The number of benzene rings is 1. The molecule has 0 atom stereocenters. The fourth-order valence-electron chi connectivity index (χ4n) is 1.81. The van der Waals surface area contributed by atoms with E-state index in [1.807, 2.05) is 13.0 Å². The van der Waals surface area contributed by atoms with Crippen LogP contribution in [-0.2, 0) is 6.42 Å². The summed E-state index contributed by atoms with van der Waals surface area (Å²) in [5, 5.41) is 5.34. The molecule has 17 heavy (non-hydrogen) atoms. The summed E-state index contributed by atoms with van der Waals surface area (Å²) in [7, 11) is 0. The third kappa shape index (κ3) is 2.33. The molecule has 0 bridgehead atoms. The zero-order valence-corrected chi connectivity index (χ0v) is 11.4. The molecular weight excluding hydrogens is 255 g/mol. The van der Waals surface area contributed by atoms with Crippen molar-refractivity contribution in [3.8, 4) is 0 Å². The third-order valence-corrected chi connectivity index (χ3v) is 3.48. The van der Waals surface area contributed by atoms with E-state index in [0.29, 0.717) is 10.0 Å². The minimum absolute atomic E-state index is 0.519. The van der Waals surface area contributed by atoms with Gasteiger partial charge in [0.2, 0.25) is 0 Å². The van der Waals surface area contributed by atoms with Crippen molar-refractivity contribution in [1.82, 2.24) is 4.98 Å². The molecule has 0 aliphatic carbocycles. The number of rotatable bonds is 3. The van der Waals surface area contributed by atoms with Gasteiger partial charge in [-0.25, -0.2) is 4.98 Å². The first-order chi connectivity index (χ1) is 8.17. The SMILES string of the molecule is CCNc1nc2c(Cl)c(Cl)ccc2cc1CC. The van der Waals surface area contributed by atoms with Gasteiger partial charge in [0.25, 0.3) is 0 Å². The lowest BCUT2D eigenvalue weighted by molar-refractivity contribution is 1.09. The van der Waals surface area contributed by atoms with E-state index in [9.17, 15) is 0 Å². The number of fused-ring (bicyclic) bond motifs is 1. The Morgan fingerprint density at radius 2 is 2.00 bits per heavy atom. The molecule has 4 heteroatoms. The summed E-state index contributed by atoms with van der Waals surface area (Å²) < 4.78 is 0. The standard InChI is InChI=1S/C13H14Cl2N2/c1-3-8-7-9-5-6-10(14)11(15)12(9)17-13(8)16-4-2/h5-7H,3-4H2,1-2H3,(H,16,17). The van der Waals surface area contributed by atoms with Gasteiger partial charge in [0.15, 0.2) is 0 Å². The van der Waals surface area contributed by atoms with Gasteiger partial charge < -0.3 is 5.32 Å². The highest BCUT2D eigenvalue weighted by molar-refractivity contribution is 6.45. The molecule has 0 radical (unpaired) electrons. The van der Waals surface area contributed by atoms with Crippen molar-refractivity contribution >= 4 is 39.9 Å². The molecule has 2 rings (SSSR count). The van der Waals surface area contributed by atoms with Crippen molar-refractivity contribution in [2.45, 2.75) is 20.3 Å². The van der Waals surface area contributed by atoms with E-state index in [-0.39, 0.29) is 0 Å². The first kappa shape index (κ1) is 12.5. The van der Waals surface area contributed by atoms with E-state index in [1.54, 1.807) is 6.07 Å². The van der Waals surface area contributed by atoms with Gasteiger partial charge in [0.05, 0.1) is 15.6 Å². The zero-order valence-electron chi connectivity index (χ0n) is 9.85. The Balaban J connectivity index is 2.70. The second-order valence-corrected chi connectivity index (χ2v) is 4.60. The number of aryl methyl sites for hydroxylation is 1. The Hall–Kier alpha value is -0.990. The Labute approximate surface area is 111 Å². The lowest BCUT2D eigenvalue weighted by Gasteiger charge is -2.11. The van der Waals surface area contributed by atoms with Gasteiger partial charge in [-0.3, -0.25) is 0 Å². The van der Waals surface area contributed by atoms with Crippen LogP contribution in [0.1, 0.15) is 19.4 Å². The number of anilines is 1. The summed E-state index contributed by atoms with van der Waals surface area (Å²) in [5.41, 5.74) is 1.95. The Morgan fingerprint density at radius 1 is 1.24 bits per heavy atom. The number of hydrogen-bond donors (Lipinski definition) is 1. The van der Waals surface area contributed by atoms with E-state index in [4.69, 9.17) is 23.2 Å². The van der Waals surface area contributed by atoms with Gasteiger partial charge >= 0.3 is 0 Å². The lowest BCUT2D eigenvalue weighted by atomic mass is 10.1. The quantitative estimate of drug-likeness (QED) is 0.885. The van der Waals surface area contributed by atoms with Gasteiger partial charge in [0, 0.05) is 11.9 Å². The smallest absolute Gasteiger partial charge is 0.129 e. The topological polar surface area (TPSA) is 24.9 Å². The van der Waals surface area contributed by atoms with E-state index in [0.717, 1.165) is 29.7 Å². The molecule has 0 spiro atoms. The second kappa shape index (κ2) is 5.11. The number of nitrogens with zero attached hydrogens (tertiary/aromatic N) is 1. The molecule has 1 N–H and O–H groups in total. The van der Waals surface area contributed by atoms with E-state index >= 15 is 0 Å². The van der Waals surface area contributed by atoms with Gasteiger partial charge in [0.1, 0.15) is 5.82 Å². The first-order valence-electron chi connectivity index (χ1n) is 5.68. The summed E-state index contributed by atoms with van der Waals surface area (Å²) in [5.74, 6) is 0.895. The van der Waals surface area contributed by atoms with Crippen LogP contribution in [0.2, 0.25) is 10.0 Å². The number of aromatic nitrogens is 1. The van der Waals surface area contributed by atoms with Gasteiger partial charge in [-0.1, -0.05) is 36.2 Å². The minimum atomic E-state index is 0.519. The molecule has 2 aromatic rings. The predicted octanol–water partition coefficient (Wildman–Crippen LogP) is 4.54. The number of pyridine rings is 1. The maximum Gasteiger partial charge on any atom is 0.129 e. The maximum atomic E-state index is 6.17. The van der Waals surface area contributed by atoms with E-state index < -0.39 is 0 Å². The summed E-state index contributed by atoms with van der Waals surface area (Å²) in [6, 6.07) is 5.87. The largest absolute Gasteiger partial charge is 0.370 e. The second-order valence-electron chi connectivity index (χ2n) is 3.81. The van der Waals surface area contributed by atoms with Gasteiger partial charge in [-0.15, -0.1) is 0 Å². The average Bonchev–Trinajstić information content (AvgIpc) is 2.34. The van der Waals surface area contributed by atoms with Crippen molar-refractivity contribution in [3.05, 3.63) is 33.8 Å². The molecule has 0 aliphatic heterocycles. The van der Waals surface area contributed by atoms with E-state index in [1.165, 1.54) is 5.56 Å². The van der Waals surface area contributed by atoms with Crippen LogP contribution in [0.3, 0.4) is 0 Å². The zero-order chi connectivity index (χ0) is 12.4. The fourth-order valence-corrected chi connectivity index (χ4v) is 2.18. The molecule has 2 nitrogen and oxygen atoms in total. The van der Waals surface area contributed by atoms with Crippen LogP contribution in [0.25, 0.3) is 10.9 Å². The van der Waals surface area contributed by atoms with Gasteiger partial charge in [-0.05, 0) is 31.0 Å². The van der Waals surface area contributed by atoms with E-state index in [2.05, 4.69) is 23.3 Å². The molecule has 0 fully saturated rings. The number of nitrogens with one attached hydrogen (secondary N) is 1. The molecule has 0 saturated carbocycles. The van der Waals surface area contributed by atoms with Crippen LogP contribution in [0.15, 0.2) is 18.2 Å². The maximum absolute atomic E-state index is 6.17. The van der Waals surface area contributed by atoms with Crippen LogP contribution < -0.4 is 5.32 Å². The highest BCUT2D eigenvalue weighted by Gasteiger charge is 2.09. The summed E-state index contributed by atoms with van der Waals surface area (Å²) in [4.78, 5) is 4.57.